The van der Waals surface area contributed by atoms with Crippen LogP contribution in [0.25, 0.3) is 0 Å². The average molecular weight is 418 g/mol. The highest BCUT2D eigenvalue weighted by Gasteiger charge is 2.13. The van der Waals surface area contributed by atoms with Crippen molar-refractivity contribution in [2.75, 3.05) is 17.2 Å². The number of hydrogen-bond acceptors (Lipinski definition) is 4. The molecular weight excluding hydrogens is 390 g/mol. The van der Waals surface area contributed by atoms with E-state index in [2.05, 4.69) is 15.4 Å². The molecule has 2 rings (SSSR count). The predicted molar refractivity (Wildman–Crippen MR) is 114 cm³/mol. The molecule has 0 saturated heterocycles. The molecule has 3 N–H and O–H groups in total. The van der Waals surface area contributed by atoms with Crippen LogP contribution in [-0.4, -0.2) is 26.8 Å². The van der Waals surface area contributed by atoms with Crippen LogP contribution in [0.1, 0.15) is 49.9 Å². The molecule has 29 heavy (non-hydrogen) atoms. The molecule has 2 amide bonds. The van der Waals surface area contributed by atoms with Gasteiger partial charge in [0.15, 0.2) is 0 Å². The maximum Gasteiger partial charge on any atom is 0.255 e. The summed E-state index contributed by atoms with van der Waals surface area (Å²) in [5.41, 5.74) is 1.55. The van der Waals surface area contributed by atoms with E-state index in [1.165, 1.54) is 12.1 Å². The van der Waals surface area contributed by atoms with Gasteiger partial charge >= 0.3 is 0 Å². The minimum atomic E-state index is -3.54. The van der Waals surface area contributed by atoms with E-state index in [0.29, 0.717) is 36.3 Å². The fourth-order valence-electron chi connectivity index (χ4n) is 2.51. The maximum absolute atomic E-state index is 12.4. The highest BCUT2D eigenvalue weighted by Crippen LogP contribution is 2.16. The van der Waals surface area contributed by atoms with Crippen molar-refractivity contribution in [2.45, 2.75) is 44.4 Å². The number of benzene rings is 2. The molecule has 0 unspecified atom stereocenters. The first-order valence-electron chi connectivity index (χ1n) is 9.66. The summed E-state index contributed by atoms with van der Waals surface area (Å²) in [7, 11) is -3.54. The molecule has 2 aromatic rings. The molecule has 0 radical (unpaired) electrons. The van der Waals surface area contributed by atoms with Crippen molar-refractivity contribution in [3.63, 3.8) is 0 Å². The Labute approximate surface area is 172 Å². The smallest absolute Gasteiger partial charge is 0.255 e. The molecule has 0 aliphatic rings. The van der Waals surface area contributed by atoms with E-state index in [9.17, 15) is 18.0 Å². The van der Waals surface area contributed by atoms with Gasteiger partial charge in [0.2, 0.25) is 15.9 Å². The van der Waals surface area contributed by atoms with E-state index in [4.69, 9.17) is 0 Å². The molecule has 8 heteroatoms. The van der Waals surface area contributed by atoms with Crippen molar-refractivity contribution in [3.8, 4) is 0 Å². The Morgan fingerprint density at radius 1 is 0.828 bits per heavy atom. The highest BCUT2D eigenvalue weighted by atomic mass is 32.2. The number of carbonyl (C=O) groups excluding carboxylic acids is 2. The summed E-state index contributed by atoms with van der Waals surface area (Å²) in [6.45, 7) is 4.28. The van der Waals surface area contributed by atoms with Crippen molar-refractivity contribution in [1.29, 1.82) is 0 Å². The van der Waals surface area contributed by atoms with Crippen molar-refractivity contribution >= 4 is 33.2 Å². The largest absolute Gasteiger partial charge is 0.326 e. The molecule has 0 aromatic heterocycles. The zero-order chi connectivity index (χ0) is 21.3. The number of carbonyl (C=O) groups is 2. The zero-order valence-electron chi connectivity index (χ0n) is 16.7. The summed E-state index contributed by atoms with van der Waals surface area (Å²) >= 11 is 0. The van der Waals surface area contributed by atoms with Crippen LogP contribution in [0.5, 0.6) is 0 Å². The van der Waals surface area contributed by atoms with Crippen LogP contribution in [0.3, 0.4) is 0 Å². The maximum atomic E-state index is 12.4. The van der Waals surface area contributed by atoms with Crippen molar-refractivity contribution in [1.82, 2.24) is 4.72 Å². The van der Waals surface area contributed by atoms with Gasteiger partial charge in [0.05, 0.1) is 4.90 Å². The third-order valence-corrected chi connectivity index (χ3v) is 5.63. The Morgan fingerprint density at radius 2 is 1.41 bits per heavy atom. The number of amides is 2. The van der Waals surface area contributed by atoms with Crippen LogP contribution in [0.15, 0.2) is 53.4 Å². The summed E-state index contributed by atoms with van der Waals surface area (Å²) in [6.07, 6.45) is 2.96. The van der Waals surface area contributed by atoms with Crippen LogP contribution in [0, 0.1) is 0 Å². The second kappa shape index (κ2) is 10.7. The monoisotopic (exact) mass is 417 g/mol. The first kappa shape index (κ1) is 22.6. The number of anilines is 2. The van der Waals surface area contributed by atoms with E-state index in [1.54, 1.807) is 36.4 Å². The lowest BCUT2D eigenvalue weighted by Crippen LogP contribution is -2.24. The minimum absolute atomic E-state index is 0.0486. The third-order valence-electron chi connectivity index (χ3n) is 4.15. The number of sulfonamides is 1. The number of rotatable bonds is 10. The van der Waals surface area contributed by atoms with Gasteiger partial charge < -0.3 is 10.6 Å². The number of unbranched alkanes of at least 4 members (excludes halogenated alkanes) is 1. The van der Waals surface area contributed by atoms with Crippen LogP contribution >= 0.6 is 0 Å². The van der Waals surface area contributed by atoms with Gasteiger partial charge in [-0.05, 0) is 61.4 Å². The summed E-state index contributed by atoms with van der Waals surface area (Å²) < 4.78 is 26.7. The summed E-state index contributed by atoms with van der Waals surface area (Å²) in [5.74, 6) is -0.374. The third kappa shape index (κ3) is 6.99. The summed E-state index contributed by atoms with van der Waals surface area (Å²) in [6, 6.07) is 12.6. The van der Waals surface area contributed by atoms with Crippen molar-refractivity contribution in [2.24, 2.45) is 0 Å². The van der Waals surface area contributed by atoms with Gasteiger partial charge in [-0.15, -0.1) is 0 Å². The summed E-state index contributed by atoms with van der Waals surface area (Å²) in [4.78, 5) is 24.3. The Balaban J connectivity index is 1.97. The van der Waals surface area contributed by atoms with Crippen molar-refractivity contribution < 1.29 is 18.0 Å². The normalized spacial score (nSPS) is 11.1. The Kier molecular flexibility index (Phi) is 8.35. The van der Waals surface area contributed by atoms with Gasteiger partial charge in [-0.1, -0.05) is 20.3 Å². The van der Waals surface area contributed by atoms with Gasteiger partial charge in [0, 0.05) is 29.9 Å². The molecule has 0 aliphatic heterocycles. The molecule has 0 bridgehead atoms. The highest BCUT2D eigenvalue weighted by molar-refractivity contribution is 7.89. The van der Waals surface area contributed by atoms with Crippen LogP contribution in [-0.2, 0) is 14.8 Å². The molecule has 0 spiro atoms. The van der Waals surface area contributed by atoms with E-state index in [0.717, 1.165) is 12.8 Å². The van der Waals surface area contributed by atoms with E-state index in [-0.39, 0.29) is 16.7 Å². The molecular formula is C21H27N3O4S. The van der Waals surface area contributed by atoms with Crippen molar-refractivity contribution in [3.05, 3.63) is 54.1 Å². The fraction of sp³-hybridized carbons (Fsp3) is 0.333. The second-order valence-electron chi connectivity index (χ2n) is 6.61. The first-order chi connectivity index (χ1) is 13.9. The van der Waals surface area contributed by atoms with E-state index >= 15 is 0 Å². The average Bonchev–Trinajstić information content (AvgIpc) is 2.71. The number of hydrogen-bond donors (Lipinski definition) is 3. The lowest BCUT2D eigenvalue weighted by Gasteiger charge is -2.09. The molecule has 2 aromatic carbocycles. The van der Waals surface area contributed by atoms with E-state index < -0.39 is 10.0 Å². The van der Waals surface area contributed by atoms with Gasteiger partial charge in [-0.25, -0.2) is 13.1 Å². The second-order valence-corrected chi connectivity index (χ2v) is 8.37. The van der Waals surface area contributed by atoms with Gasteiger partial charge in [0.25, 0.3) is 5.91 Å². The molecule has 7 nitrogen and oxygen atoms in total. The topological polar surface area (TPSA) is 104 Å². The molecule has 0 atom stereocenters. The molecule has 0 heterocycles. The van der Waals surface area contributed by atoms with Crippen LogP contribution in [0.4, 0.5) is 11.4 Å². The van der Waals surface area contributed by atoms with Crippen LogP contribution < -0.4 is 15.4 Å². The minimum Gasteiger partial charge on any atom is -0.326 e. The molecule has 0 saturated carbocycles. The lowest BCUT2D eigenvalue weighted by atomic mass is 10.1. The molecule has 156 valence electrons. The lowest BCUT2D eigenvalue weighted by molar-refractivity contribution is -0.116. The zero-order valence-corrected chi connectivity index (χ0v) is 17.5. The summed E-state index contributed by atoms with van der Waals surface area (Å²) in [5, 5.41) is 5.52. The van der Waals surface area contributed by atoms with Crippen LogP contribution in [0.2, 0.25) is 0 Å². The molecule has 0 fully saturated rings. The van der Waals surface area contributed by atoms with Gasteiger partial charge in [-0.2, -0.15) is 0 Å². The predicted octanol–water partition coefficient (Wildman–Crippen LogP) is 3.76. The standard InChI is InChI=1S/C21H27N3O4S/c1-3-5-6-20(25)23-17-9-7-16(8-10-17)21(26)24-18-11-13-19(14-12-18)29(27,28)22-15-4-2/h7-14,22H,3-6,15H2,1-2H3,(H,23,25)(H,24,26). The molecule has 0 aliphatic carbocycles. The number of nitrogens with one attached hydrogen (secondary N) is 3. The first-order valence-corrected chi connectivity index (χ1v) is 11.1. The quantitative estimate of drug-likeness (QED) is 0.547. The fourth-order valence-corrected chi connectivity index (χ4v) is 3.64. The Hall–Kier alpha value is -2.71. The van der Waals surface area contributed by atoms with Gasteiger partial charge in [0.1, 0.15) is 0 Å². The van der Waals surface area contributed by atoms with Gasteiger partial charge in [-0.3, -0.25) is 9.59 Å². The Bertz CT molecular complexity index is 923. The van der Waals surface area contributed by atoms with E-state index in [1.807, 2.05) is 13.8 Å². The Morgan fingerprint density at radius 3 is 2.00 bits per heavy atom. The SMILES string of the molecule is CCCCC(=O)Nc1ccc(C(=O)Nc2ccc(S(=O)(=O)NCCC)cc2)cc1.